The summed E-state index contributed by atoms with van der Waals surface area (Å²) >= 11 is 0. The van der Waals surface area contributed by atoms with Crippen molar-refractivity contribution in [3.63, 3.8) is 0 Å². The molecular formula is C20H26N6O2. The van der Waals surface area contributed by atoms with E-state index < -0.39 is 0 Å². The van der Waals surface area contributed by atoms with E-state index in [2.05, 4.69) is 20.6 Å². The van der Waals surface area contributed by atoms with Crippen LogP contribution in [0.4, 0.5) is 11.5 Å². The van der Waals surface area contributed by atoms with Crippen molar-refractivity contribution in [3.8, 4) is 11.1 Å². The Morgan fingerprint density at radius 1 is 1.43 bits per heavy atom. The van der Waals surface area contributed by atoms with Crippen LogP contribution in [0.3, 0.4) is 0 Å². The molecule has 3 rings (SSSR count). The number of hydrogen-bond donors (Lipinski definition) is 4. The average Bonchev–Trinajstić information content (AvgIpc) is 2.73. The predicted octanol–water partition coefficient (Wildman–Crippen LogP) is 1.40. The van der Waals surface area contributed by atoms with Crippen LogP contribution in [0.25, 0.3) is 11.1 Å². The number of nitrogens with zero attached hydrogens (tertiary/aromatic N) is 2. The first-order valence-corrected chi connectivity index (χ1v) is 9.39. The normalized spacial score (nSPS) is 16.9. The first-order valence-electron chi connectivity index (χ1n) is 9.39. The molecular weight excluding hydrogens is 356 g/mol. The molecule has 1 atom stereocenters. The van der Waals surface area contributed by atoms with Gasteiger partial charge in [-0.2, -0.15) is 0 Å². The second-order valence-corrected chi connectivity index (χ2v) is 6.72. The SMILES string of the molecule is CNc1cc(-c2c[nH]c(=O)c(N[C@H]3CCCN(C(=O)C=CCN)C3)c2)ccn1. The smallest absolute Gasteiger partial charge is 0.271 e. The molecule has 1 fully saturated rings. The number of aromatic amines is 1. The van der Waals surface area contributed by atoms with Crippen LogP contribution in [0, 0.1) is 0 Å². The van der Waals surface area contributed by atoms with E-state index in [4.69, 9.17) is 5.73 Å². The fourth-order valence-electron chi connectivity index (χ4n) is 3.29. The van der Waals surface area contributed by atoms with Crippen LogP contribution in [0.5, 0.6) is 0 Å². The molecule has 0 spiro atoms. The van der Waals surface area contributed by atoms with Crippen LogP contribution in [-0.4, -0.2) is 53.5 Å². The molecule has 8 nitrogen and oxygen atoms in total. The zero-order chi connectivity index (χ0) is 19.9. The van der Waals surface area contributed by atoms with Gasteiger partial charge in [0.1, 0.15) is 11.5 Å². The molecule has 2 aromatic heterocycles. The summed E-state index contributed by atoms with van der Waals surface area (Å²) in [6, 6.07) is 5.67. The van der Waals surface area contributed by atoms with Gasteiger partial charge in [0.05, 0.1) is 0 Å². The number of piperidine rings is 1. The highest BCUT2D eigenvalue weighted by Crippen LogP contribution is 2.22. The molecule has 0 radical (unpaired) electrons. The van der Waals surface area contributed by atoms with Gasteiger partial charge in [-0.25, -0.2) is 4.98 Å². The Bertz CT molecular complexity index is 908. The molecule has 1 amide bonds. The number of H-pyrrole nitrogens is 1. The van der Waals surface area contributed by atoms with Gasteiger partial charge < -0.3 is 26.3 Å². The lowest BCUT2D eigenvalue weighted by Crippen LogP contribution is -2.45. The van der Waals surface area contributed by atoms with Crippen LogP contribution in [0.1, 0.15) is 12.8 Å². The Morgan fingerprint density at radius 2 is 2.29 bits per heavy atom. The number of likely N-dealkylation sites (tertiary alicyclic amines) is 1. The molecule has 0 unspecified atom stereocenters. The van der Waals surface area contributed by atoms with Crippen LogP contribution < -0.4 is 21.9 Å². The average molecular weight is 382 g/mol. The van der Waals surface area contributed by atoms with E-state index >= 15 is 0 Å². The van der Waals surface area contributed by atoms with Crippen molar-refractivity contribution in [2.45, 2.75) is 18.9 Å². The minimum atomic E-state index is -0.182. The number of anilines is 2. The number of amides is 1. The third kappa shape index (κ3) is 4.77. The van der Waals surface area contributed by atoms with Gasteiger partial charge in [-0.15, -0.1) is 0 Å². The van der Waals surface area contributed by atoms with Gasteiger partial charge >= 0.3 is 0 Å². The number of hydrogen-bond acceptors (Lipinski definition) is 6. The van der Waals surface area contributed by atoms with E-state index in [1.54, 1.807) is 23.4 Å². The van der Waals surface area contributed by atoms with Gasteiger partial charge in [0.25, 0.3) is 5.56 Å². The second kappa shape index (κ2) is 9.18. The standard InChI is InChI=1S/C20H26N6O2/c1-22-18-11-14(6-8-23-18)15-10-17(20(28)24-12-15)25-16-4-3-9-26(13-16)19(27)5-2-7-21/h2,5-6,8,10-12,16,25H,3-4,7,9,13,21H2,1H3,(H,22,23)(H,24,28)/t16-/m0/s1. The molecule has 0 saturated carbocycles. The summed E-state index contributed by atoms with van der Waals surface area (Å²) in [7, 11) is 1.81. The highest BCUT2D eigenvalue weighted by molar-refractivity contribution is 5.87. The Labute approximate surface area is 163 Å². The lowest BCUT2D eigenvalue weighted by atomic mass is 10.0. The van der Waals surface area contributed by atoms with Crippen LogP contribution >= 0.6 is 0 Å². The van der Waals surface area contributed by atoms with Gasteiger partial charge in [-0.05, 0) is 36.6 Å². The Balaban J connectivity index is 1.75. The summed E-state index contributed by atoms with van der Waals surface area (Å²) in [4.78, 5) is 33.3. The predicted molar refractivity (Wildman–Crippen MR) is 111 cm³/mol. The zero-order valence-corrected chi connectivity index (χ0v) is 15.9. The quantitative estimate of drug-likeness (QED) is 0.561. The molecule has 0 aromatic carbocycles. The minimum Gasteiger partial charge on any atom is -0.376 e. The van der Waals surface area contributed by atoms with Crippen molar-refractivity contribution < 1.29 is 4.79 Å². The summed E-state index contributed by atoms with van der Waals surface area (Å²) in [5.41, 5.74) is 7.57. The number of aromatic nitrogens is 2. The van der Waals surface area contributed by atoms with E-state index in [-0.39, 0.29) is 17.5 Å². The van der Waals surface area contributed by atoms with Crippen molar-refractivity contribution in [2.24, 2.45) is 5.73 Å². The van der Waals surface area contributed by atoms with Gasteiger partial charge in [0.15, 0.2) is 0 Å². The van der Waals surface area contributed by atoms with Gasteiger partial charge in [0, 0.05) is 56.8 Å². The number of rotatable bonds is 6. The summed E-state index contributed by atoms with van der Waals surface area (Å²) in [6.45, 7) is 1.61. The third-order valence-electron chi connectivity index (χ3n) is 4.74. The zero-order valence-electron chi connectivity index (χ0n) is 15.9. The molecule has 1 saturated heterocycles. The van der Waals surface area contributed by atoms with Crippen LogP contribution in [0.15, 0.2) is 47.5 Å². The molecule has 5 N–H and O–H groups in total. The maximum absolute atomic E-state index is 12.3. The minimum absolute atomic E-state index is 0.0191. The van der Waals surface area contributed by atoms with E-state index in [0.29, 0.717) is 25.3 Å². The van der Waals surface area contributed by atoms with Crippen molar-refractivity contribution in [1.82, 2.24) is 14.9 Å². The molecule has 1 aliphatic rings. The lowest BCUT2D eigenvalue weighted by molar-refractivity contribution is -0.127. The van der Waals surface area contributed by atoms with Crippen molar-refractivity contribution >= 4 is 17.4 Å². The fraction of sp³-hybridized carbons (Fsp3) is 0.350. The maximum atomic E-state index is 12.3. The number of nitrogens with two attached hydrogens (primary N) is 1. The largest absolute Gasteiger partial charge is 0.376 e. The molecule has 3 heterocycles. The number of pyridine rings is 2. The highest BCUT2D eigenvalue weighted by Gasteiger charge is 2.23. The van der Waals surface area contributed by atoms with Crippen molar-refractivity contribution in [2.75, 3.05) is 37.3 Å². The maximum Gasteiger partial charge on any atom is 0.271 e. The summed E-state index contributed by atoms with van der Waals surface area (Å²) in [5.74, 6) is 0.709. The van der Waals surface area contributed by atoms with E-state index in [1.807, 2.05) is 25.2 Å². The first-order chi connectivity index (χ1) is 13.6. The number of nitrogens with one attached hydrogen (secondary N) is 3. The second-order valence-electron chi connectivity index (χ2n) is 6.72. The van der Waals surface area contributed by atoms with Crippen LogP contribution in [-0.2, 0) is 4.79 Å². The molecule has 28 heavy (non-hydrogen) atoms. The Morgan fingerprint density at radius 3 is 3.07 bits per heavy atom. The summed E-state index contributed by atoms with van der Waals surface area (Å²) in [5, 5.41) is 6.32. The summed E-state index contributed by atoms with van der Waals surface area (Å²) in [6.07, 6.45) is 8.36. The number of carbonyl (C=O) groups excluding carboxylic acids is 1. The molecule has 0 bridgehead atoms. The Hall–Kier alpha value is -3.13. The van der Waals surface area contributed by atoms with Gasteiger partial charge in [0.2, 0.25) is 5.91 Å². The third-order valence-corrected chi connectivity index (χ3v) is 4.74. The monoisotopic (exact) mass is 382 g/mol. The molecule has 1 aliphatic heterocycles. The molecule has 2 aromatic rings. The van der Waals surface area contributed by atoms with Crippen molar-refractivity contribution in [3.05, 3.63) is 53.1 Å². The van der Waals surface area contributed by atoms with E-state index in [0.717, 1.165) is 29.8 Å². The molecule has 148 valence electrons. The Kier molecular flexibility index (Phi) is 6.44. The lowest BCUT2D eigenvalue weighted by Gasteiger charge is -2.33. The van der Waals surface area contributed by atoms with Gasteiger partial charge in [-0.3, -0.25) is 9.59 Å². The van der Waals surface area contributed by atoms with Crippen molar-refractivity contribution in [1.29, 1.82) is 0 Å². The number of carbonyl (C=O) groups is 1. The summed E-state index contributed by atoms with van der Waals surface area (Å²) < 4.78 is 0. The fourth-order valence-corrected chi connectivity index (χ4v) is 3.29. The van der Waals surface area contributed by atoms with E-state index in [1.165, 1.54) is 6.08 Å². The van der Waals surface area contributed by atoms with E-state index in [9.17, 15) is 9.59 Å². The first kappa shape index (κ1) is 19.6. The van der Waals surface area contributed by atoms with Gasteiger partial charge in [-0.1, -0.05) is 6.08 Å². The molecule has 8 heteroatoms. The topological polar surface area (TPSA) is 116 Å². The van der Waals surface area contributed by atoms with Crippen LogP contribution in [0.2, 0.25) is 0 Å². The highest BCUT2D eigenvalue weighted by atomic mass is 16.2. The molecule has 0 aliphatic carbocycles.